The van der Waals surface area contributed by atoms with Crippen LogP contribution in [-0.2, 0) is 0 Å². The summed E-state index contributed by atoms with van der Waals surface area (Å²) >= 11 is 0. The topological polar surface area (TPSA) is 21.3 Å². The molecule has 0 spiro atoms. The average molecular weight is 255 g/mol. The van der Waals surface area contributed by atoms with Gasteiger partial charge in [-0.25, -0.2) is 8.78 Å². The van der Waals surface area contributed by atoms with Gasteiger partial charge in [-0.15, -0.1) is 0 Å². The first kappa shape index (κ1) is 13.3. The number of benzene rings is 1. The molecule has 2 nitrogen and oxygen atoms in total. The molecule has 1 aromatic rings. The number of hydrogen-bond donors (Lipinski definition) is 1. The Labute approximate surface area is 106 Å². The van der Waals surface area contributed by atoms with E-state index < -0.39 is 11.6 Å². The lowest BCUT2D eigenvalue weighted by Crippen LogP contribution is -2.19. The Balaban J connectivity index is 1.99. The summed E-state index contributed by atoms with van der Waals surface area (Å²) in [5.74, 6) is -0.945. The molecule has 4 heteroatoms. The minimum atomic E-state index is -0.504. The highest BCUT2D eigenvalue weighted by atomic mass is 19.1. The maximum Gasteiger partial charge on any atom is 0.165 e. The lowest BCUT2D eigenvalue weighted by molar-refractivity contribution is 0.381. The van der Waals surface area contributed by atoms with Crippen molar-refractivity contribution in [2.24, 2.45) is 0 Å². The minimum absolute atomic E-state index is 0.00310. The number of methoxy groups -OCH3 is 1. The molecule has 1 fully saturated rings. The van der Waals surface area contributed by atoms with Crippen molar-refractivity contribution in [2.75, 3.05) is 13.7 Å². The van der Waals surface area contributed by atoms with Crippen molar-refractivity contribution < 1.29 is 13.5 Å². The van der Waals surface area contributed by atoms with Crippen molar-refractivity contribution in [3.63, 3.8) is 0 Å². The predicted octanol–water partition coefficient (Wildman–Crippen LogP) is 3.22. The second-order valence-corrected chi connectivity index (χ2v) is 4.93. The third kappa shape index (κ3) is 3.19. The van der Waals surface area contributed by atoms with Gasteiger partial charge in [-0.1, -0.05) is 6.92 Å². The van der Waals surface area contributed by atoms with E-state index in [0.29, 0.717) is 11.6 Å². The van der Waals surface area contributed by atoms with Gasteiger partial charge in [-0.3, -0.25) is 0 Å². The molecule has 0 amide bonds. The monoisotopic (exact) mass is 255 g/mol. The predicted molar refractivity (Wildman–Crippen MR) is 67.0 cm³/mol. The maximum absolute atomic E-state index is 13.8. The largest absolute Gasteiger partial charge is 0.494 e. The highest BCUT2D eigenvalue weighted by Crippen LogP contribution is 2.28. The molecular formula is C14H19F2NO. The van der Waals surface area contributed by atoms with Crippen LogP contribution in [0.4, 0.5) is 8.78 Å². The van der Waals surface area contributed by atoms with E-state index >= 15 is 0 Å². The molecule has 0 saturated heterocycles. The van der Waals surface area contributed by atoms with Gasteiger partial charge >= 0.3 is 0 Å². The van der Waals surface area contributed by atoms with E-state index in [0.717, 1.165) is 19.0 Å². The summed E-state index contributed by atoms with van der Waals surface area (Å²) in [6.45, 7) is 2.76. The summed E-state index contributed by atoms with van der Waals surface area (Å²) < 4.78 is 32.1. The van der Waals surface area contributed by atoms with Gasteiger partial charge in [0, 0.05) is 12.1 Å². The summed E-state index contributed by atoms with van der Waals surface area (Å²) in [6.07, 6.45) is 3.28. The third-order valence-electron chi connectivity index (χ3n) is 3.39. The fraction of sp³-hybridized carbons (Fsp3) is 0.571. The zero-order valence-electron chi connectivity index (χ0n) is 10.8. The van der Waals surface area contributed by atoms with Crippen LogP contribution in [0.5, 0.6) is 5.75 Å². The van der Waals surface area contributed by atoms with Crippen LogP contribution in [0.15, 0.2) is 12.1 Å². The number of halogens is 2. The van der Waals surface area contributed by atoms with Crippen LogP contribution in [0.1, 0.15) is 37.7 Å². The van der Waals surface area contributed by atoms with E-state index in [4.69, 9.17) is 4.74 Å². The maximum atomic E-state index is 13.8. The molecular weight excluding hydrogens is 236 g/mol. The first-order valence-electron chi connectivity index (χ1n) is 6.38. The molecule has 18 heavy (non-hydrogen) atoms. The van der Waals surface area contributed by atoms with E-state index in [1.165, 1.54) is 26.0 Å². The summed E-state index contributed by atoms with van der Waals surface area (Å²) in [7, 11) is 1.33. The highest BCUT2D eigenvalue weighted by molar-refractivity contribution is 5.32. The number of hydrogen-bond acceptors (Lipinski definition) is 2. The van der Waals surface area contributed by atoms with Gasteiger partial charge in [0.15, 0.2) is 11.6 Å². The summed E-state index contributed by atoms with van der Waals surface area (Å²) in [5.41, 5.74) is 0.422. The van der Waals surface area contributed by atoms with Crippen molar-refractivity contribution in [3.05, 3.63) is 29.3 Å². The molecule has 1 atom stereocenters. The quantitative estimate of drug-likeness (QED) is 0.842. The smallest absolute Gasteiger partial charge is 0.165 e. The normalized spacial score (nSPS) is 16.7. The molecule has 1 N–H and O–H groups in total. The molecule has 0 radical (unpaired) electrons. The van der Waals surface area contributed by atoms with Crippen LogP contribution in [0, 0.1) is 11.6 Å². The average Bonchev–Trinajstić information content (AvgIpc) is 3.15. The lowest BCUT2D eigenvalue weighted by Gasteiger charge is -2.14. The molecule has 0 aliphatic heterocycles. The highest BCUT2D eigenvalue weighted by Gasteiger charge is 2.21. The van der Waals surface area contributed by atoms with Crippen molar-refractivity contribution in [1.29, 1.82) is 0 Å². The van der Waals surface area contributed by atoms with E-state index in [1.807, 2.05) is 6.92 Å². The summed E-state index contributed by atoms with van der Waals surface area (Å²) in [4.78, 5) is 0. The second-order valence-electron chi connectivity index (χ2n) is 4.93. The zero-order valence-corrected chi connectivity index (χ0v) is 10.8. The number of rotatable bonds is 6. The first-order chi connectivity index (χ1) is 8.61. The zero-order chi connectivity index (χ0) is 13.1. The van der Waals surface area contributed by atoms with Gasteiger partial charge < -0.3 is 10.1 Å². The van der Waals surface area contributed by atoms with Crippen molar-refractivity contribution in [2.45, 2.75) is 38.1 Å². The number of nitrogens with one attached hydrogen (secondary N) is 1. The minimum Gasteiger partial charge on any atom is -0.494 e. The Bertz CT molecular complexity index is 419. The fourth-order valence-electron chi connectivity index (χ4n) is 2.02. The van der Waals surface area contributed by atoms with E-state index in [2.05, 4.69) is 5.32 Å². The van der Waals surface area contributed by atoms with Gasteiger partial charge in [-0.2, -0.15) is 0 Å². The first-order valence-corrected chi connectivity index (χ1v) is 6.38. The fourth-order valence-corrected chi connectivity index (χ4v) is 2.02. The van der Waals surface area contributed by atoms with Gasteiger partial charge in [0.25, 0.3) is 0 Å². The van der Waals surface area contributed by atoms with Crippen LogP contribution < -0.4 is 10.1 Å². The molecule has 1 saturated carbocycles. The second kappa shape index (κ2) is 5.65. The molecule has 0 heterocycles. The van der Waals surface area contributed by atoms with Crippen LogP contribution in [-0.4, -0.2) is 19.7 Å². The van der Waals surface area contributed by atoms with Gasteiger partial charge in [0.1, 0.15) is 5.82 Å². The Kier molecular flexibility index (Phi) is 4.17. The Hall–Kier alpha value is -1.16. The van der Waals surface area contributed by atoms with Gasteiger partial charge in [0.2, 0.25) is 0 Å². The molecule has 1 aromatic carbocycles. The molecule has 2 rings (SSSR count). The Morgan fingerprint density at radius 1 is 1.33 bits per heavy atom. The molecule has 0 aromatic heterocycles. The van der Waals surface area contributed by atoms with E-state index in [1.54, 1.807) is 0 Å². The molecule has 1 aliphatic carbocycles. The molecule has 0 bridgehead atoms. The van der Waals surface area contributed by atoms with Crippen LogP contribution >= 0.6 is 0 Å². The van der Waals surface area contributed by atoms with E-state index in [9.17, 15) is 8.78 Å². The Morgan fingerprint density at radius 2 is 2.06 bits per heavy atom. The summed E-state index contributed by atoms with van der Waals surface area (Å²) in [6, 6.07) is 3.01. The number of ether oxygens (including phenoxy) is 1. The van der Waals surface area contributed by atoms with Gasteiger partial charge in [-0.05, 0) is 43.4 Å². The van der Waals surface area contributed by atoms with Crippen molar-refractivity contribution >= 4 is 0 Å². The summed E-state index contributed by atoms with van der Waals surface area (Å²) in [5, 5.41) is 3.37. The third-order valence-corrected chi connectivity index (χ3v) is 3.39. The molecule has 1 aliphatic rings. The van der Waals surface area contributed by atoms with Crippen LogP contribution in [0.3, 0.4) is 0 Å². The Morgan fingerprint density at radius 3 is 2.67 bits per heavy atom. The van der Waals surface area contributed by atoms with E-state index in [-0.39, 0.29) is 11.7 Å². The molecule has 1 unspecified atom stereocenters. The molecule has 100 valence electrons. The van der Waals surface area contributed by atoms with Gasteiger partial charge in [0.05, 0.1) is 7.11 Å². The van der Waals surface area contributed by atoms with Crippen LogP contribution in [0.2, 0.25) is 0 Å². The van der Waals surface area contributed by atoms with Crippen LogP contribution in [0.25, 0.3) is 0 Å². The standard InChI is InChI=1S/C14H19F2NO/c1-9(5-6-17-10-3-4-10)11-7-13(16)14(18-2)8-12(11)15/h7-10,17H,3-6H2,1-2H3. The lowest BCUT2D eigenvalue weighted by atomic mass is 9.97. The van der Waals surface area contributed by atoms with Crippen molar-refractivity contribution in [1.82, 2.24) is 5.32 Å². The SMILES string of the molecule is COc1cc(F)c(C(C)CCNC2CC2)cc1F. The van der Waals surface area contributed by atoms with Crippen molar-refractivity contribution in [3.8, 4) is 5.75 Å².